The molecular formula is C28H34F3N3O3S. The second kappa shape index (κ2) is 10.9. The summed E-state index contributed by atoms with van der Waals surface area (Å²) in [6.45, 7) is 3.16. The van der Waals surface area contributed by atoms with Gasteiger partial charge in [0.25, 0.3) is 0 Å². The van der Waals surface area contributed by atoms with Gasteiger partial charge in [0, 0.05) is 25.2 Å². The number of alkyl halides is 3. The van der Waals surface area contributed by atoms with Crippen molar-refractivity contribution in [1.82, 2.24) is 9.80 Å². The van der Waals surface area contributed by atoms with Gasteiger partial charge in [0.1, 0.15) is 5.75 Å². The Hall–Kier alpha value is -2.56. The number of piperidine rings is 1. The lowest BCUT2D eigenvalue weighted by Crippen LogP contribution is -2.62. The van der Waals surface area contributed by atoms with Gasteiger partial charge in [-0.05, 0) is 79.4 Å². The zero-order chi connectivity index (χ0) is 27.7. The van der Waals surface area contributed by atoms with Gasteiger partial charge in [-0.1, -0.05) is 42.5 Å². The topological polar surface area (TPSA) is 89.7 Å². The molecular weight excluding hydrogens is 515 g/mol. The van der Waals surface area contributed by atoms with Crippen LogP contribution in [0.2, 0.25) is 0 Å². The number of carbonyl (C=O) groups excluding carboxylic acids is 2. The Kier molecular flexibility index (Phi) is 8.16. The van der Waals surface area contributed by atoms with Gasteiger partial charge >= 0.3 is 12.1 Å². The maximum Gasteiger partial charge on any atom is 0.471 e. The van der Waals surface area contributed by atoms with E-state index in [0.717, 1.165) is 12.8 Å². The summed E-state index contributed by atoms with van der Waals surface area (Å²) < 4.78 is 54.3. The zero-order valence-corrected chi connectivity index (χ0v) is 22.5. The van der Waals surface area contributed by atoms with Crippen LogP contribution >= 0.6 is 0 Å². The number of halogens is 3. The smallest absolute Gasteiger partial charge is 0.471 e. The summed E-state index contributed by atoms with van der Waals surface area (Å²) >= 11 is -1.82. The van der Waals surface area contributed by atoms with Crippen LogP contribution in [-0.4, -0.2) is 69.3 Å². The van der Waals surface area contributed by atoms with Crippen molar-refractivity contribution in [3.05, 3.63) is 65.7 Å². The molecule has 1 aliphatic heterocycles. The number of aryl methyl sites for hydroxylation is 1. The minimum Gasteiger partial charge on any atom is -0.611 e. The summed E-state index contributed by atoms with van der Waals surface area (Å²) in [7, 11) is 0. The molecule has 4 rings (SSSR count). The van der Waals surface area contributed by atoms with E-state index in [1.54, 1.807) is 30.3 Å². The van der Waals surface area contributed by atoms with Gasteiger partial charge in [0.2, 0.25) is 5.91 Å². The Labute approximate surface area is 224 Å². The van der Waals surface area contributed by atoms with E-state index in [0.29, 0.717) is 35.7 Å². The Morgan fingerprint density at radius 3 is 2.26 bits per heavy atom. The minimum absolute atomic E-state index is 0.0591. The molecule has 2 atom stereocenters. The molecule has 0 aromatic heterocycles. The molecule has 2 aliphatic rings. The molecule has 38 heavy (non-hydrogen) atoms. The van der Waals surface area contributed by atoms with Crippen LogP contribution in [0.3, 0.4) is 0 Å². The van der Waals surface area contributed by atoms with Gasteiger partial charge in [-0.3, -0.25) is 9.59 Å². The van der Waals surface area contributed by atoms with Crippen molar-refractivity contribution in [2.45, 2.75) is 67.6 Å². The molecule has 1 spiro atoms. The first-order valence-corrected chi connectivity index (χ1v) is 14.1. The van der Waals surface area contributed by atoms with Crippen molar-refractivity contribution >= 4 is 23.0 Å². The van der Waals surface area contributed by atoms with Crippen LogP contribution in [0.1, 0.15) is 44.2 Å². The second-order valence-electron chi connectivity index (χ2n) is 11.0. The highest BCUT2D eigenvalue weighted by Crippen LogP contribution is 2.46. The number of likely N-dealkylation sites (tertiary alicyclic amines) is 1. The number of amides is 2. The summed E-state index contributed by atoms with van der Waals surface area (Å²) in [5.74, 6) is -3.24. The molecule has 2 aromatic rings. The van der Waals surface area contributed by atoms with Crippen LogP contribution in [0.25, 0.3) is 0 Å². The van der Waals surface area contributed by atoms with Crippen molar-refractivity contribution in [2.75, 3.05) is 25.4 Å². The Bertz CT molecular complexity index is 1150. The molecule has 0 bridgehead atoms. The lowest BCUT2D eigenvalue weighted by atomic mass is 9.74. The van der Waals surface area contributed by atoms with Crippen LogP contribution in [0.4, 0.5) is 13.2 Å². The van der Waals surface area contributed by atoms with Crippen LogP contribution < -0.4 is 5.73 Å². The summed E-state index contributed by atoms with van der Waals surface area (Å²) in [6.07, 6.45) is -1.92. The SMILES string of the molecule is CC(C)(N)CN(C(=O)C(F)(F)F)[C@H](C[S+]([O-])c1ccccc1)C(=O)N1CCC2(CCc3ccccc32)CC1. The molecule has 6 nitrogen and oxygen atoms in total. The van der Waals surface area contributed by atoms with Crippen LogP contribution in [0, 0.1) is 0 Å². The molecule has 1 saturated heterocycles. The normalized spacial score (nSPS) is 18.7. The third kappa shape index (κ3) is 6.18. The van der Waals surface area contributed by atoms with Gasteiger partial charge in [-0.2, -0.15) is 13.2 Å². The predicted octanol–water partition coefficient (Wildman–Crippen LogP) is 3.80. The van der Waals surface area contributed by atoms with E-state index < -0.39 is 53.0 Å². The first-order chi connectivity index (χ1) is 17.8. The first kappa shape index (κ1) is 28.4. The fourth-order valence-electron chi connectivity index (χ4n) is 5.68. The van der Waals surface area contributed by atoms with Crippen molar-refractivity contribution in [3.8, 4) is 0 Å². The van der Waals surface area contributed by atoms with Crippen LogP contribution in [0.5, 0.6) is 0 Å². The molecule has 1 aliphatic carbocycles. The van der Waals surface area contributed by atoms with Crippen molar-refractivity contribution < 1.29 is 27.3 Å². The maximum atomic E-state index is 13.9. The van der Waals surface area contributed by atoms with Gasteiger partial charge < -0.3 is 20.1 Å². The Balaban J connectivity index is 1.61. The van der Waals surface area contributed by atoms with Crippen LogP contribution in [0.15, 0.2) is 59.5 Å². The monoisotopic (exact) mass is 549 g/mol. The van der Waals surface area contributed by atoms with Crippen molar-refractivity contribution in [2.24, 2.45) is 5.73 Å². The number of benzene rings is 2. The van der Waals surface area contributed by atoms with Gasteiger partial charge in [0.05, 0.1) is 0 Å². The molecule has 2 aromatic carbocycles. The molecule has 1 fully saturated rings. The van der Waals surface area contributed by atoms with Gasteiger partial charge in [-0.25, -0.2) is 0 Å². The summed E-state index contributed by atoms with van der Waals surface area (Å²) in [5.41, 5.74) is 7.35. The fourth-order valence-corrected chi connectivity index (χ4v) is 6.94. The number of carbonyl (C=O) groups is 2. The third-order valence-corrected chi connectivity index (χ3v) is 8.97. The highest BCUT2D eigenvalue weighted by Gasteiger charge is 2.50. The molecule has 2 N–H and O–H groups in total. The van der Waals surface area contributed by atoms with E-state index in [-0.39, 0.29) is 5.41 Å². The van der Waals surface area contributed by atoms with E-state index in [4.69, 9.17) is 5.73 Å². The number of rotatable bonds is 7. The van der Waals surface area contributed by atoms with Gasteiger partial charge in [0.15, 0.2) is 10.9 Å². The average Bonchev–Trinajstić information content (AvgIpc) is 3.23. The standard InChI is InChI=1S/C28H34F3N3O3S/c1-26(2,32)19-34(25(36)28(29,30)31)23(18-38(37)21-9-4-3-5-10-21)24(35)33-16-14-27(15-17-33)13-12-20-8-6-7-11-22(20)27/h3-11,23H,12-19,32H2,1-2H3/t23-,38?/m1/s1. The molecule has 1 heterocycles. The van der Waals surface area contributed by atoms with E-state index in [2.05, 4.69) is 12.1 Å². The molecule has 0 saturated carbocycles. The molecule has 1 unspecified atom stereocenters. The van der Waals surface area contributed by atoms with Crippen molar-refractivity contribution in [3.63, 3.8) is 0 Å². The van der Waals surface area contributed by atoms with E-state index in [1.165, 1.54) is 29.9 Å². The Morgan fingerprint density at radius 1 is 1.05 bits per heavy atom. The third-order valence-electron chi connectivity index (χ3n) is 7.55. The van der Waals surface area contributed by atoms with E-state index in [9.17, 15) is 27.3 Å². The second-order valence-corrected chi connectivity index (χ2v) is 12.5. The number of fused-ring (bicyclic) bond motifs is 2. The molecule has 10 heteroatoms. The lowest BCUT2D eigenvalue weighted by molar-refractivity contribution is -0.189. The minimum atomic E-state index is -5.21. The Morgan fingerprint density at radius 2 is 1.66 bits per heavy atom. The summed E-state index contributed by atoms with van der Waals surface area (Å²) in [5, 5.41) is 0. The first-order valence-electron chi connectivity index (χ1n) is 12.8. The number of hydrogen-bond acceptors (Lipinski definition) is 4. The zero-order valence-electron chi connectivity index (χ0n) is 21.7. The summed E-state index contributed by atoms with van der Waals surface area (Å²) in [6, 6.07) is 14.9. The van der Waals surface area contributed by atoms with Crippen molar-refractivity contribution in [1.29, 1.82) is 0 Å². The average molecular weight is 550 g/mol. The molecule has 2 amide bonds. The van der Waals surface area contributed by atoms with Crippen LogP contribution in [-0.2, 0) is 32.6 Å². The van der Waals surface area contributed by atoms with E-state index >= 15 is 0 Å². The predicted molar refractivity (Wildman–Crippen MR) is 140 cm³/mol. The number of nitrogens with two attached hydrogens (primary N) is 1. The fraction of sp³-hybridized carbons (Fsp3) is 0.500. The summed E-state index contributed by atoms with van der Waals surface area (Å²) in [4.78, 5) is 28.9. The quantitative estimate of drug-likeness (QED) is 0.532. The maximum absolute atomic E-state index is 13.9. The van der Waals surface area contributed by atoms with E-state index in [1.807, 2.05) is 12.1 Å². The highest BCUT2D eigenvalue weighted by atomic mass is 32.2. The molecule has 0 radical (unpaired) electrons. The number of hydrogen-bond donors (Lipinski definition) is 1. The molecule has 206 valence electrons. The lowest BCUT2D eigenvalue weighted by Gasteiger charge is -2.43. The largest absolute Gasteiger partial charge is 0.611 e. The highest BCUT2D eigenvalue weighted by molar-refractivity contribution is 7.91. The van der Waals surface area contributed by atoms with Gasteiger partial charge in [-0.15, -0.1) is 0 Å². The number of nitrogens with zero attached hydrogens (tertiary/aromatic N) is 2.